The summed E-state index contributed by atoms with van der Waals surface area (Å²) in [7, 11) is 0. The van der Waals surface area contributed by atoms with Gasteiger partial charge in [-0.1, -0.05) is 168 Å². The number of carbonyl (C=O) groups is 3. The molecule has 2 N–H and O–H groups in total. The Morgan fingerprint density at radius 2 is 0.881 bits per heavy atom. The number of carboxylic acids is 1. The Morgan fingerprint density at radius 1 is 0.524 bits per heavy atom. The first-order chi connectivity index (χ1) is 20.5. The van der Waals surface area contributed by atoms with E-state index in [9.17, 15) is 14.4 Å². The summed E-state index contributed by atoms with van der Waals surface area (Å²) in [6.07, 6.45) is 32.8. The molecule has 0 aliphatic heterocycles. The van der Waals surface area contributed by atoms with Crippen molar-refractivity contribution in [3.8, 4) is 0 Å². The number of carbonyl (C=O) groups excluding carboxylic acids is 2. The third-order valence-corrected chi connectivity index (χ3v) is 8.27. The highest BCUT2D eigenvalue weighted by atomic mass is 16.5. The zero-order valence-electron chi connectivity index (χ0n) is 27.9. The predicted octanol–water partition coefficient (Wildman–Crippen LogP) is 10.5. The molecule has 0 saturated carbocycles. The van der Waals surface area contributed by atoms with Crippen molar-refractivity contribution < 1.29 is 24.2 Å². The lowest BCUT2D eigenvalue weighted by Crippen LogP contribution is -2.42. The van der Waals surface area contributed by atoms with Gasteiger partial charge in [-0.25, -0.2) is 4.79 Å². The molecule has 0 aromatic carbocycles. The Bertz CT molecular complexity index is 624. The number of carboxylic acid groups (broad SMARTS) is 1. The fourth-order valence-electron chi connectivity index (χ4n) is 5.48. The second-order valence-electron chi connectivity index (χ2n) is 12.5. The van der Waals surface area contributed by atoms with E-state index < -0.39 is 18.0 Å². The van der Waals surface area contributed by atoms with E-state index in [1.165, 1.54) is 128 Å². The van der Waals surface area contributed by atoms with Crippen LogP contribution in [-0.4, -0.2) is 35.6 Å². The van der Waals surface area contributed by atoms with Crippen molar-refractivity contribution in [1.82, 2.24) is 5.32 Å². The van der Waals surface area contributed by atoms with Crippen molar-refractivity contribution in [1.29, 1.82) is 0 Å². The first-order valence-corrected chi connectivity index (χ1v) is 18.2. The largest absolute Gasteiger partial charge is 0.481 e. The lowest BCUT2D eigenvalue weighted by molar-refractivity contribution is -0.148. The second kappa shape index (κ2) is 32.3. The van der Waals surface area contributed by atoms with Gasteiger partial charge in [0.2, 0.25) is 5.91 Å². The summed E-state index contributed by atoms with van der Waals surface area (Å²) in [5, 5.41) is 11.8. The van der Waals surface area contributed by atoms with Crippen LogP contribution in [0.3, 0.4) is 0 Å². The molecule has 1 atom stereocenters. The number of rotatable bonds is 33. The van der Waals surface area contributed by atoms with Crippen LogP contribution in [-0.2, 0) is 19.1 Å². The van der Waals surface area contributed by atoms with E-state index in [4.69, 9.17) is 9.84 Å². The molecule has 0 aliphatic carbocycles. The van der Waals surface area contributed by atoms with Crippen molar-refractivity contribution >= 4 is 17.8 Å². The van der Waals surface area contributed by atoms with E-state index in [0.29, 0.717) is 13.0 Å². The molecule has 248 valence electrons. The molecule has 42 heavy (non-hydrogen) atoms. The van der Waals surface area contributed by atoms with Crippen LogP contribution in [0.1, 0.15) is 200 Å². The van der Waals surface area contributed by atoms with Gasteiger partial charge in [-0.05, 0) is 19.3 Å². The molecular formula is C36H69NO5. The first-order valence-electron chi connectivity index (χ1n) is 18.2. The number of esters is 1. The summed E-state index contributed by atoms with van der Waals surface area (Å²) >= 11 is 0. The van der Waals surface area contributed by atoms with Crippen LogP contribution >= 0.6 is 0 Å². The van der Waals surface area contributed by atoms with Crippen LogP contribution in [0.15, 0.2) is 0 Å². The van der Waals surface area contributed by atoms with Gasteiger partial charge in [0.15, 0.2) is 0 Å². The third-order valence-electron chi connectivity index (χ3n) is 8.27. The Kier molecular flexibility index (Phi) is 31.1. The Morgan fingerprint density at radius 3 is 1.26 bits per heavy atom. The second-order valence-corrected chi connectivity index (χ2v) is 12.5. The van der Waals surface area contributed by atoms with Crippen LogP contribution in [0.5, 0.6) is 0 Å². The van der Waals surface area contributed by atoms with E-state index in [-0.39, 0.29) is 18.7 Å². The molecule has 0 aromatic heterocycles. The summed E-state index contributed by atoms with van der Waals surface area (Å²) in [6.45, 7) is 4.83. The van der Waals surface area contributed by atoms with E-state index in [0.717, 1.165) is 38.5 Å². The average molecular weight is 596 g/mol. The number of ether oxygens (including phenoxy) is 1. The van der Waals surface area contributed by atoms with Gasteiger partial charge in [-0.15, -0.1) is 0 Å². The van der Waals surface area contributed by atoms with Crippen LogP contribution in [0.2, 0.25) is 0 Å². The highest BCUT2D eigenvalue weighted by molar-refractivity contribution is 5.84. The van der Waals surface area contributed by atoms with Gasteiger partial charge < -0.3 is 15.2 Å². The van der Waals surface area contributed by atoms with Crippen molar-refractivity contribution in [2.24, 2.45) is 0 Å². The molecule has 0 bridgehead atoms. The van der Waals surface area contributed by atoms with Gasteiger partial charge in [-0.2, -0.15) is 0 Å². The third kappa shape index (κ3) is 29.9. The molecule has 1 amide bonds. The summed E-state index contributed by atoms with van der Waals surface area (Å²) in [6, 6.07) is -0.877. The lowest BCUT2D eigenvalue weighted by Gasteiger charge is -2.17. The monoisotopic (exact) mass is 596 g/mol. The van der Waals surface area contributed by atoms with E-state index in [1.54, 1.807) is 0 Å². The quantitative estimate of drug-likeness (QED) is 0.0581. The zero-order valence-corrected chi connectivity index (χ0v) is 27.9. The minimum atomic E-state index is -0.977. The maximum atomic E-state index is 12.6. The van der Waals surface area contributed by atoms with Gasteiger partial charge in [0, 0.05) is 12.8 Å². The summed E-state index contributed by atoms with van der Waals surface area (Å²) in [4.78, 5) is 36.1. The van der Waals surface area contributed by atoms with Crippen LogP contribution in [0.4, 0.5) is 0 Å². The Balaban J connectivity index is 3.85. The fourth-order valence-corrected chi connectivity index (χ4v) is 5.48. The molecular weight excluding hydrogens is 526 g/mol. The maximum absolute atomic E-state index is 12.6. The number of hydrogen-bond acceptors (Lipinski definition) is 4. The standard InChI is InChI=1S/C36H69NO5/c1-3-5-7-9-11-13-15-16-17-18-19-21-23-25-27-29-34(38)37-33(30-31-35(39)40)36(41)42-32-28-26-24-22-20-14-12-10-8-6-4-2/h33H,3-32H2,1-2H3,(H,37,38)(H,39,40)/t33-/m0/s1. The highest BCUT2D eigenvalue weighted by Crippen LogP contribution is 2.14. The van der Waals surface area contributed by atoms with E-state index in [2.05, 4.69) is 19.2 Å². The summed E-state index contributed by atoms with van der Waals surface area (Å²) in [5.74, 6) is -1.67. The van der Waals surface area contributed by atoms with Crippen LogP contribution in [0.25, 0.3) is 0 Å². The maximum Gasteiger partial charge on any atom is 0.328 e. The highest BCUT2D eigenvalue weighted by Gasteiger charge is 2.23. The van der Waals surface area contributed by atoms with Crippen LogP contribution in [0, 0.1) is 0 Å². The van der Waals surface area contributed by atoms with Crippen molar-refractivity contribution in [2.75, 3.05) is 6.61 Å². The van der Waals surface area contributed by atoms with Gasteiger partial charge in [-0.3, -0.25) is 9.59 Å². The molecule has 0 fully saturated rings. The van der Waals surface area contributed by atoms with Crippen LogP contribution < -0.4 is 5.32 Å². The minimum Gasteiger partial charge on any atom is -0.481 e. The number of amides is 1. The summed E-state index contributed by atoms with van der Waals surface area (Å²) < 4.78 is 5.40. The molecule has 0 spiro atoms. The van der Waals surface area contributed by atoms with Gasteiger partial charge >= 0.3 is 11.9 Å². The smallest absolute Gasteiger partial charge is 0.328 e. The molecule has 6 nitrogen and oxygen atoms in total. The first kappa shape index (κ1) is 40.4. The zero-order chi connectivity index (χ0) is 30.9. The number of unbranched alkanes of at least 4 members (excludes halogenated alkanes) is 24. The number of nitrogens with one attached hydrogen (secondary N) is 1. The normalized spacial score (nSPS) is 11.9. The van der Waals surface area contributed by atoms with Crippen molar-refractivity contribution in [2.45, 2.75) is 206 Å². The molecule has 0 aromatic rings. The molecule has 0 radical (unpaired) electrons. The van der Waals surface area contributed by atoms with Crippen molar-refractivity contribution in [3.63, 3.8) is 0 Å². The molecule has 0 rings (SSSR count). The Labute approximate surface area is 259 Å². The molecule has 0 saturated heterocycles. The van der Waals surface area contributed by atoms with E-state index in [1.807, 2.05) is 0 Å². The average Bonchev–Trinajstić information content (AvgIpc) is 2.97. The topological polar surface area (TPSA) is 92.7 Å². The number of aliphatic carboxylic acids is 1. The molecule has 0 heterocycles. The number of hydrogen-bond donors (Lipinski definition) is 2. The summed E-state index contributed by atoms with van der Waals surface area (Å²) in [5.41, 5.74) is 0. The minimum absolute atomic E-state index is 0.0665. The molecule has 0 unspecified atom stereocenters. The predicted molar refractivity (Wildman–Crippen MR) is 176 cm³/mol. The lowest BCUT2D eigenvalue weighted by atomic mass is 10.0. The van der Waals surface area contributed by atoms with Gasteiger partial charge in [0.05, 0.1) is 6.61 Å². The van der Waals surface area contributed by atoms with Gasteiger partial charge in [0.1, 0.15) is 6.04 Å². The molecule has 0 aliphatic rings. The van der Waals surface area contributed by atoms with Crippen molar-refractivity contribution in [3.05, 3.63) is 0 Å². The van der Waals surface area contributed by atoms with Gasteiger partial charge in [0.25, 0.3) is 0 Å². The molecule has 6 heteroatoms. The fraction of sp³-hybridized carbons (Fsp3) is 0.917. The SMILES string of the molecule is CCCCCCCCCCCCCCCCCC(=O)N[C@@H](CCC(=O)O)C(=O)OCCCCCCCCCCCCC. The Hall–Kier alpha value is -1.59. The van der Waals surface area contributed by atoms with E-state index >= 15 is 0 Å².